The van der Waals surface area contributed by atoms with Crippen molar-refractivity contribution in [2.75, 3.05) is 31.6 Å². The van der Waals surface area contributed by atoms with Gasteiger partial charge in [0.2, 0.25) is 15.9 Å². The standard InChI is InChI=1S/C23H25N5O4S2/c1-17(33-23-26-20-5-2-3-6-21(20)28(23)12-4-11-24)22(29)25-18-7-9-19(10-8-18)34(30,31)27-13-15-32-16-14-27/h2-3,5-10,17H,4,12-16H2,1H3,(H,25,29). The van der Waals surface area contributed by atoms with E-state index in [0.717, 1.165) is 11.0 Å². The first kappa shape index (κ1) is 24.2. The summed E-state index contributed by atoms with van der Waals surface area (Å²) in [6.07, 6.45) is 0.341. The van der Waals surface area contributed by atoms with Gasteiger partial charge in [-0.1, -0.05) is 23.9 Å². The fourth-order valence-corrected chi connectivity index (χ4v) is 5.98. The number of thioether (sulfide) groups is 1. The summed E-state index contributed by atoms with van der Waals surface area (Å²) in [5.41, 5.74) is 2.24. The number of para-hydroxylation sites is 2. The Bertz CT molecular complexity index is 1310. The third kappa shape index (κ3) is 5.26. The average Bonchev–Trinajstić information content (AvgIpc) is 3.20. The molecule has 0 spiro atoms. The lowest BCUT2D eigenvalue weighted by Crippen LogP contribution is -2.40. The van der Waals surface area contributed by atoms with Gasteiger partial charge in [-0.05, 0) is 43.3 Å². The van der Waals surface area contributed by atoms with Crippen LogP contribution < -0.4 is 5.32 Å². The number of benzene rings is 2. The van der Waals surface area contributed by atoms with Gasteiger partial charge >= 0.3 is 0 Å². The van der Waals surface area contributed by atoms with Gasteiger partial charge in [-0.2, -0.15) is 9.57 Å². The number of hydrogen-bond donors (Lipinski definition) is 1. The molecular weight excluding hydrogens is 474 g/mol. The number of sulfonamides is 1. The zero-order valence-corrected chi connectivity index (χ0v) is 20.3. The molecule has 34 heavy (non-hydrogen) atoms. The third-order valence-electron chi connectivity index (χ3n) is 5.45. The van der Waals surface area contributed by atoms with Crippen LogP contribution in [0.3, 0.4) is 0 Å². The molecule has 0 radical (unpaired) electrons. The minimum atomic E-state index is -3.59. The van der Waals surface area contributed by atoms with E-state index >= 15 is 0 Å². The zero-order valence-electron chi connectivity index (χ0n) is 18.7. The highest BCUT2D eigenvalue weighted by Crippen LogP contribution is 2.28. The van der Waals surface area contributed by atoms with Crippen molar-refractivity contribution < 1.29 is 17.9 Å². The fraction of sp³-hybridized carbons (Fsp3) is 0.348. The number of aryl methyl sites for hydroxylation is 1. The molecule has 11 heteroatoms. The number of nitrogens with zero attached hydrogens (tertiary/aromatic N) is 4. The van der Waals surface area contributed by atoms with Crippen LogP contribution in [0.2, 0.25) is 0 Å². The largest absolute Gasteiger partial charge is 0.379 e. The topological polar surface area (TPSA) is 117 Å². The lowest BCUT2D eigenvalue weighted by molar-refractivity contribution is -0.115. The maximum Gasteiger partial charge on any atom is 0.243 e. The number of rotatable bonds is 8. The van der Waals surface area contributed by atoms with Crippen LogP contribution in [0.25, 0.3) is 11.0 Å². The van der Waals surface area contributed by atoms with Gasteiger partial charge in [0.15, 0.2) is 5.16 Å². The van der Waals surface area contributed by atoms with E-state index in [1.807, 2.05) is 28.8 Å². The van der Waals surface area contributed by atoms with Gasteiger partial charge < -0.3 is 14.6 Å². The summed E-state index contributed by atoms with van der Waals surface area (Å²) in [4.78, 5) is 17.6. The van der Waals surface area contributed by atoms with E-state index < -0.39 is 15.3 Å². The van der Waals surface area contributed by atoms with Crippen LogP contribution in [-0.4, -0.2) is 59.7 Å². The third-order valence-corrected chi connectivity index (χ3v) is 8.45. The highest BCUT2D eigenvalue weighted by Gasteiger charge is 2.26. The van der Waals surface area contributed by atoms with Gasteiger partial charge in [-0.15, -0.1) is 0 Å². The summed E-state index contributed by atoms with van der Waals surface area (Å²) in [6, 6.07) is 16.0. The van der Waals surface area contributed by atoms with Crippen LogP contribution in [0.5, 0.6) is 0 Å². The Hall–Kier alpha value is -2.91. The van der Waals surface area contributed by atoms with E-state index in [2.05, 4.69) is 16.4 Å². The second-order valence-electron chi connectivity index (χ2n) is 7.73. The predicted molar refractivity (Wildman–Crippen MR) is 130 cm³/mol. The molecule has 1 fully saturated rings. The number of ether oxygens (including phenoxy) is 1. The SMILES string of the molecule is CC(Sc1nc2ccccc2n1CCC#N)C(=O)Nc1ccc(S(=O)(=O)N2CCOCC2)cc1. The Labute approximate surface area is 202 Å². The second-order valence-corrected chi connectivity index (χ2v) is 11.0. The minimum absolute atomic E-state index is 0.182. The first-order valence-corrected chi connectivity index (χ1v) is 13.2. The van der Waals surface area contributed by atoms with E-state index in [1.54, 1.807) is 19.1 Å². The number of fused-ring (bicyclic) bond motifs is 1. The van der Waals surface area contributed by atoms with Gasteiger partial charge in [0.1, 0.15) is 0 Å². The molecule has 2 heterocycles. The number of imidazole rings is 1. The highest BCUT2D eigenvalue weighted by molar-refractivity contribution is 8.00. The predicted octanol–water partition coefficient (Wildman–Crippen LogP) is 3.09. The highest BCUT2D eigenvalue weighted by atomic mass is 32.2. The van der Waals surface area contributed by atoms with Crippen molar-refractivity contribution in [3.05, 3.63) is 48.5 Å². The molecule has 178 valence electrons. The van der Waals surface area contributed by atoms with Crippen LogP contribution >= 0.6 is 11.8 Å². The molecule has 0 bridgehead atoms. The molecule has 1 N–H and O–H groups in total. The van der Waals surface area contributed by atoms with Gasteiger partial charge in [-0.25, -0.2) is 13.4 Å². The number of carbonyl (C=O) groups excluding carboxylic acids is 1. The fourth-order valence-electron chi connectivity index (χ4n) is 3.62. The summed E-state index contributed by atoms with van der Waals surface area (Å²) in [5.74, 6) is -0.229. The van der Waals surface area contributed by atoms with Crippen LogP contribution in [0.15, 0.2) is 58.6 Å². The van der Waals surface area contributed by atoms with Crippen molar-refractivity contribution in [2.24, 2.45) is 0 Å². The van der Waals surface area contributed by atoms with Gasteiger partial charge in [-0.3, -0.25) is 4.79 Å². The molecule has 1 unspecified atom stereocenters. The van der Waals surface area contributed by atoms with E-state index in [0.29, 0.717) is 50.1 Å². The van der Waals surface area contributed by atoms with Crippen molar-refractivity contribution in [3.63, 3.8) is 0 Å². The molecule has 9 nitrogen and oxygen atoms in total. The van der Waals surface area contributed by atoms with Crippen LogP contribution in [0.1, 0.15) is 13.3 Å². The summed E-state index contributed by atoms with van der Waals surface area (Å²) in [5, 5.41) is 12.1. The lowest BCUT2D eigenvalue weighted by atomic mass is 10.3. The number of aromatic nitrogens is 2. The molecule has 1 aliphatic rings. The number of hydrogen-bond acceptors (Lipinski definition) is 7. The smallest absolute Gasteiger partial charge is 0.243 e. The first-order valence-electron chi connectivity index (χ1n) is 10.9. The quantitative estimate of drug-likeness (QED) is 0.473. The maximum atomic E-state index is 12.8. The van der Waals surface area contributed by atoms with Crippen molar-refractivity contribution in [1.29, 1.82) is 5.26 Å². The summed E-state index contributed by atoms with van der Waals surface area (Å²) < 4.78 is 34.1. The molecule has 1 saturated heterocycles. The Morgan fingerprint density at radius 1 is 1.21 bits per heavy atom. The van der Waals surface area contributed by atoms with Crippen molar-refractivity contribution in [1.82, 2.24) is 13.9 Å². The monoisotopic (exact) mass is 499 g/mol. The molecule has 1 aromatic heterocycles. The van der Waals surface area contributed by atoms with Gasteiger partial charge in [0.25, 0.3) is 0 Å². The van der Waals surface area contributed by atoms with E-state index in [4.69, 9.17) is 10.00 Å². The summed E-state index contributed by atoms with van der Waals surface area (Å²) >= 11 is 1.32. The Morgan fingerprint density at radius 3 is 2.62 bits per heavy atom. The van der Waals surface area contributed by atoms with Crippen LogP contribution in [-0.2, 0) is 26.1 Å². The minimum Gasteiger partial charge on any atom is -0.379 e. The molecular formula is C23H25N5O4S2. The number of nitriles is 1. The number of carbonyl (C=O) groups is 1. The van der Waals surface area contributed by atoms with Crippen molar-refractivity contribution in [2.45, 2.75) is 35.2 Å². The number of amides is 1. The Kier molecular flexibility index (Phi) is 7.53. The summed E-state index contributed by atoms with van der Waals surface area (Å²) in [7, 11) is -3.59. The van der Waals surface area contributed by atoms with Crippen molar-refractivity contribution in [3.8, 4) is 6.07 Å². The van der Waals surface area contributed by atoms with Gasteiger partial charge in [0, 0.05) is 25.3 Å². The molecule has 2 aromatic carbocycles. The average molecular weight is 500 g/mol. The van der Waals surface area contributed by atoms with E-state index in [-0.39, 0.29) is 10.8 Å². The second kappa shape index (κ2) is 10.6. The maximum absolute atomic E-state index is 12.8. The zero-order chi connectivity index (χ0) is 24.1. The molecule has 1 atom stereocenters. The molecule has 0 aliphatic carbocycles. The normalized spacial score (nSPS) is 15.6. The molecule has 1 amide bonds. The van der Waals surface area contributed by atoms with Crippen molar-refractivity contribution >= 4 is 44.4 Å². The molecule has 3 aromatic rings. The Morgan fingerprint density at radius 2 is 1.91 bits per heavy atom. The molecule has 4 rings (SSSR count). The molecule has 0 saturated carbocycles. The number of morpholine rings is 1. The summed E-state index contributed by atoms with van der Waals surface area (Å²) in [6.45, 7) is 3.70. The lowest BCUT2D eigenvalue weighted by Gasteiger charge is -2.26. The number of anilines is 1. The Balaban J connectivity index is 1.44. The first-order chi connectivity index (χ1) is 16.4. The van der Waals surface area contributed by atoms with E-state index in [1.165, 1.54) is 28.2 Å². The van der Waals surface area contributed by atoms with Crippen LogP contribution in [0, 0.1) is 11.3 Å². The molecule has 1 aliphatic heterocycles. The van der Waals surface area contributed by atoms with Crippen LogP contribution in [0.4, 0.5) is 5.69 Å². The van der Waals surface area contributed by atoms with Gasteiger partial charge in [0.05, 0.1) is 46.9 Å². The van der Waals surface area contributed by atoms with E-state index in [9.17, 15) is 13.2 Å². The number of nitrogens with one attached hydrogen (secondary N) is 1.